The van der Waals surface area contributed by atoms with E-state index in [2.05, 4.69) is 36.1 Å². The van der Waals surface area contributed by atoms with E-state index in [0.29, 0.717) is 6.04 Å². The van der Waals surface area contributed by atoms with E-state index in [1.165, 1.54) is 5.56 Å². The van der Waals surface area contributed by atoms with E-state index in [-0.39, 0.29) is 11.3 Å². The van der Waals surface area contributed by atoms with E-state index in [1.54, 1.807) is 11.4 Å². The van der Waals surface area contributed by atoms with Gasteiger partial charge in [-0.3, -0.25) is 4.90 Å². The SMILES string of the molecule is CC(c1ccccc1)N1CCCC(N(C)S(=O)(=O)C2CC2)C1. The quantitative estimate of drug-likeness (QED) is 0.837. The molecule has 122 valence electrons. The van der Waals surface area contributed by atoms with Crippen molar-refractivity contribution in [3.05, 3.63) is 35.9 Å². The number of likely N-dealkylation sites (N-methyl/N-ethyl adjacent to an activating group) is 1. The first kappa shape index (κ1) is 16.0. The highest BCUT2D eigenvalue weighted by atomic mass is 32.2. The van der Waals surface area contributed by atoms with Crippen molar-refractivity contribution in [2.24, 2.45) is 0 Å². The van der Waals surface area contributed by atoms with Crippen LogP contribution in [0.2, 0.25) is 0 Å². The molecule has 0 N–H and O–H groups in total. The molecule has 2 aliphatic rings. The smallest absolute Gasteiger partial charge is 0.217 e. The summed E-state index contributed by atoms with van der Waals surface area (Å²) >= 11 is 0. The van der Waals surface area contributed by atoms with Gasteiger partial charge in [0.15, 0.2) is 0 Å². The van der Waals surface area contributed by atoms with Gasteiger partial charge >= 0.3 is 0 Å². The van der Waals surface area contributed by atoms with Crippen molar-refractivity contribution in [3.63, 3.8) is 0 Å². The van der Waals surface area contributed by atoms with Crippen LogP contribution in [0, 0.1) is 0 Å². The predicted octanol–water partition coefficient (Wildman–Crippen LogP) is 2.64. The third-order valence-corrected chi connectivity index (χ3v) is 7.53. The molecule has 3 rings (SSSR count). The predicted molar refractivity (Wildman–Crippen MR) is 89.2 cm³/mol. The molecular formula is C17H26N2O2S. The van der Waals surface area contributed by atoms with Gasteiger partial charge in [-0.05, 0) is 44.7 Å². The van der Waals surface area contributed by atoms with Crippen molar-refractivity contribution in [2.75, 3.05) is 20.1 Å². The second-order valence-corrected chi connectivity index (χ2v) is 8.91. The minimum Gasteiger partial charge on any atom is -0.295 e. The number of likely N-dealkylation sites (tertiary alicyclic amines) is 1. The van der Waals surface area contributed by atoms with Crippen molar-refractivity contribution in [2.45, 2.75) is 49.9 Å². The van der Waals surface area contributed by atoms with Gasteiger partial charge in [0, 0.05) is 25.7 Å². The van der Waals surface area contributed by atoms with Crippen molar-refractivity contribution in [1.29, 1.82) is 0 Å². The van der Waals surface area contributed by atoms with Crippen LogP contribution in [0.1, 0.15) is 44.2 Å². The zero-order chi connectivity index (χ0) is 15.7. The summed E-state index contributed by atoms with van der Waals surface area (Å²) in [4.78, 5) is 2.42. The Bertz CT molecular complexity index is 598. The van der Waals surface area contributed by atoms with Gasteiger partial charge in [-0.2, -0.15) is 0 Å². The first-order chi connectivity index (χ1) is 10.5. The molecule has 0 bridgehead atoms. The van der Waals surface area contributed by atoms with E-state index in [0.717, 1.165) is 38.8 Å². The van der Waals surface area contributed by atoms with Crippen LogP contribution >= 0.6 is 0 Å². The molecule has 1 heterocycles. The zero-order valence-electron chi connectivity index (χ0n) is 13.5. The topological polar surface area (TPSA) is 40.6 Å². The largest absolute Gasteiger partial charge is 0.295 e. The van der Waals surface area contributed by atoms with Crippen LogP contribution in [0.4, 0.5) is 0 Å². The van der Waals surface area contributed by atoms with E-state index in [1.807, 2.05) is 6.07 Å². The summed E-state index contributed by atoms with van der Waals surface area (Å²) in [7, 11) is -1.30. The number of rotatable bonds is 5. The van der Waals surface area contributed by atoms with Crippen molar-refractivity contribution in [1.82, 2.24) is 9.21 Å². The average molecular weight is 322 g/mol. The van der Waals surface area contributed by atoms with Gasteiger partial charge in [-0.15, -0.1) is 0 Å². The van der Waals surface area contributed by atoms with E-state index in [4.69, 9.17) is 0 Å². The molecule has 1 aromatic rings. The lowest BCUT2D eigenvalue weighted by Gasteiger charge is -2.40. The highest BCUT2D eigenvalue weighted by Gasteiger charge is 2.42. The first-order valence-electron chi connectivity index (χ1n) is 8.26. The maximum atomic E-state index is 12.4. The molecule has 1 aromatic carbocycles. The fourth-order valence-electron chi connectivity index (χ4n) is 3.38. The Morgan fingerprint density at radius 2 is 1.86 bits per heavy atom. The summed E-state index contributed by atoms with van der Waals surface area (Å²) in [6.07, 6.45) is 3.71. The molecular weight excluding hydrogens is 296 g/mol. The molecule has 1 saturated heterocycles. The van der Waals surface area contributed by atoms with Crippen LogP contribution in [0.3, 0.4) is 0 Å². The lowest BCUT2D eigenvalue weighted by atomic mass is 10.0. The summed E-state index contributed by atoms with van der Waals surface area (Å²) in [6.45, 7) is 4.09. The lowest BCUT2D eigenvalue weighted by molar-refractivity contribution is 0.122. The van der Waals surface area contributed by atoms with Gasteiger partial charge in [0.25, 0.3) is 0 Å². The van der Waals surface area contributed by atoms with Crippen LogP contribution in [0.5, 0.6) is 0 Å². The third kappa shape index (κ3) is 3.21. The van der Waals surface area contributed by atoms with Gasteiger partial charge in [0.1, 0.15) is 0 Å². The summed E-state index contributed by atoms with van der Waals surface area (Å²) in [5.74, 6) is 0. The molecule has 0 spiro atoms. The molecule has 0 amide bonds. The van der Waals surface area contributed by atoms with Crippen LogP contribution < -0.4 is 0 Å². The molecule has 2 fully saturated rings. The Morgan fingerprint density at radius 1 is 1.18 bits per heavy atom. The molecule has 5 heteroatoms. The van der Waals surface area contributed by atoms with Crippen molar-refractivity contribution >= 4 is 10.0 Å². The number of benzene rings is 1. The van der Waals surface area contributed by atoms with Crippen molar-refractivity contribution in [3.8, 4) is 0 Å². The Morgan fingerprint density at radius 3 is 2.50 bits per heavy atom. The molecule has 0 aromatic heterocycles. The van der Waals surface area contributed by atoms with E-state index in [9.17, 15) is 8.42 Å². The summed E-state index contributed by atoms with van der Waals surface area (Å²) in [6, 6.07) is 10.9. The monoisotopic (exact) mass is 322 g/mol. The minimum atomic E-state index is -3.07. The Kier molecular flexibility index (Phi) is 4.57. The zero-order valence-corrected chi connectivity index (χ0v) is 14.3. The Labute approximate surface area is 134 Å². The van der Waals surface area contributed by atoms with Gasteiger partial charge in [-0.1, -0.05) is 30.3 Å². The number of sulfonamides is 1. The third-order valence-electron chi connectivity index (χ3n) is 5.12. The van der Waals surface area contributed by atoms with Gasteiger partial charge in [0.05, 0.1) is 5.25 Å². The summed E-state index contributed by atoms with van der Waals surface area (Å²) in [5.41, 5.74) is 1.30. The summed E-state index contributed by atoms with van der Waals surface area (Å²) in [5, 5.41) is -0.112. The second-order valence-electron chi connectivity index (χ2n) is 6.64. The van der Waals surface area contributed by atoms with E-state index >= 15 is 0 Å². The van der Waals surface area contributed by atoms with Crippen LogP contribution in [-0.2, 0) is 10.0 Å². The lowest BCUT2D eigenvalue weighted by Crippen LogP contribution is -2.49. The minimum absolute atomic E-state index is 0.112. The van der Waals surface area contributed by atoms with Gasteiger partial charge in [-0.25, -0.2) is 12.7 Å². The van der Waals surface area contributed by atoms with Crippen LogP contribution in [0.25, 0.3) is 0 Å². The normalized spacial score (nSPS) is 25.3. The Balaban J connectivity index is 1.69. The molecule has 1 saturated carbocycles. The standard InChI is InChI=1S/C17H26N2O2S/c1-14(15-7-4-3-5-8-15)19-12-6-9-16(13-19)18(2)22(20,21)17-10-11-17/h3-5,7-8,14,16-17H,6,9-13H2,1-2H3. The van der Waals surface area contributed by atoms with E-state index < -0.39 is 10.0 Å². The number of nitrogens with zero attached hydrogens (tertiary/aromatic N) is 2. The molecule has 2 atom stereocenters. The number of hydrogen-bond donors (Lipinski definition) is 0. The molecule has 22 heavy (non-hydrogen) atoms. The molecule has 4 nitrogen and oxygen atoms in total. The van der Waals surface area contributed by atoms with Crippen LogP contribution in [0.15, 0.2) is 30.3 Å². The second kappa shape index (κ2) is 6.30. The van der Waals surface area contributed by atoms with Gasteiger partial charge in [0.2, 0.25) is 10.0 Å². The maximum Gasteiger partial charge on any atom is 0.217 e. The highest BCUT2D eigenvalue weighted by Crippen LogP contribution is 2.33. The van der Waals surface area contributed by atoms with Crippen LogP contribution in [-0.4, -0.2) is 49.1 Å². The van der Waals surface area contributed by atoms with Crippen molar-refractivity contribution < 1.29 is 8.42 Å². The molecule has 1 aliphatic carbocycles. The fourth-order valence-corrected chi connectivity index (χ4v) is 5.17. The highest BCUT2D eigenvalue weighted by molar-refractivity contribution is 7.90. The molecule has 2 unspecified atom stereocenters. The maximum absolute atomic E-state index is 12.4. The number of hydrogen-bond acceptors (Lipinski definition) is 3. The average Bonchev–Trinajstić information content (AvgIpc) is 3.40. The summed E-state index contributed by atoms with van der Waals surface area (Å²) < 4.78 is 26.6. The Hall–Kier alpha value is -0.910. The van der Waals surface area contributed by atoms with Gasteiger partial charge < -0.3 is 0 Å². The molecule has 0 radical (unpaired) electrons. The number of piperidine rings is 1. The fraction of sp³-hybridized carbons (Fsp3) is 0.647. The molecule has 1 aliphatic heterocycles. The first-order valence-corrected chi connectivity index (χ1v) is 9.76.